The number of allylic oxidation sites excluding steroid dienone is 12. The zero-order valence-corrected chi connectivity index (χ0v) is 42.0. The van der Waals surface area contributed by atoms with Gasteiger partial charge in [-0.1, -0.05) is 222 Å². The number of rotatable bonds is 48. The quantitative estimate of drug-likeness (QED) is 0.0262. The van der Waals surface area contributed by atoms with Crippen molar-refractivity contribution < 1.29 is 28.6 Å². The van der Waals surface area contributed by atoms with E-state index in [1.165, 1.54) is 122 Å². The highest BCUT2D eigenvalue weighted by Crippen LogP contribution is 2.14. The summed E-state index contributed by atoms with van der Waals surface area (Å²) in [7, 11) is 0. The molecular weight excluding hydrogens is 793 g/mol. The van der Waals surface area contributed by atoms with Crippen molar-refractivity contribution in [2.45, 2.75) is 264 Å². The summed E-state index contributed by atoms with van der Waals surface area (Å²) in [5.74, 6) is -0.902. The van der Waals surface area contributed by atoms with Crippen molar-refractivity contribution in [2.24, 2.45) is 0 Å². The molecule has 0 fully saturated rings. The zero-order valence-electron chi connectivity index (χ0n) is 42.0. The van der Waals surface area contributed by atoms with Gasteiger partial charge in [0.25, 0.3) is 0 Å². The van der Waals surface area contributed by atoms with Crippen molar-refractivity contribution in [1.29, 1.82) is 0 Å². The Morgan fingerprint density at radius 2 is 0.609 bits per heavy atom. The Morgan fingerprint density at radius 1 is 0.328 bits per heavy atom. The standard InChI is InChI=1S/C58H100O6/c1-4-7-10-13-16-18-20-22-24-26-27-28-29-30-31-33-34-36-38-40-42-45-48-51-57(60)63-54-55(53-62-56(59)50-47-44-15-12-9-6-3)64-58(61)52-49-46-43-41-39-37-35-32-25-23-21-19-17-14-11-8-5-2/h7,10,16,18,22-25,27-28,30-31,55H,4-6,8-9,11-15,17,19-21,26,29,32-54H2,1-3H3/b10-7-,18-16-,24-22-,25-23-,28-27-,31-30-. The van der Waals surface area contributed by atoms with Crippen molar-refractivity contribution in [3.63, 3.8) is 0 Å². The Balaban J connectivity index is 4.21. The summed E-state index contributed by atoms with van der Waals surface area (Å²) in [5, 5.41) is 0. The molecule has 0 amide bonds. The zero-order chi connectivity index (χ0) is 46.5. The molecule has 0 aromatic rings. The Morgan fingerprint density at radius 3 is 0.969 bits per heavy atom. The molecule has 0 radical (unpaired) electrons. The lowest BCUT2D eigenvalue weighted by molar-refractivity contribution is -0.167. The third-order valence-electron chi connectivity index (χ3n) is 11.4. The van der Waals surface area contributed by atoms with Crippen LogP contribution in [0.5, 0.6) is 0 Å². The fourth-order valence-electron chi connectivity index (χ4n) is 7.40. The van der Waals surface area contributed by atoms with Crippen LogP contribution in [0.3, 0.4) is 0 Å². The predicted octanol–water partition coefficient (Wildman–Crippen LogP) is 17.8. The number of carbonyl (C=O) groups is 3. The van der Waals surface area contributed by atoms with Gasteiger partial charge in [0.2, 0.25) is 0 Å². The van der Waals surface area contributed by atoms with E-state index < -0.39 is 6.10 Å². The van der Waals surface area contributed by atoms with Crippen molar-refractivity contribution in [2.75, 3.05) is 13.2 Å². The fraction of sp³-hybridized carbons (Fsp3) is 0.741. The first-order valence-electron chi connectivity index (χ1n) is 26.9. The topological polar surface area (TPSA) is 78.9 Å². The first-order valence-corrected chi connectivity index (χ1v) is 26.9. The molecule has 6 nitrogen and oxygen atoms in total. The van der Waals surface area contributed by atoms with Crippen LogP contribution in [0.2, 0.25) is 0 Å². The monoisotopic (exact) mass is 893 g/mol. The lowest BCUT2D eigenvalue weighted by atomic mass is 10.1. The van der Waals surface area contributed by atoms with Crippen LogP contribution in [0, 0.1) is 0 Å². The first-order chi connectivity index (χ1) is 31.5. The van der Waals surface area contributed by atoms with E-state index in [-0.39, 0.29) is 31.1 Å². The summed E-state index contributed by atoms with van der Waals surface area (Å²) in [5.41, 5.74) is 0. The van der Waals surface area contributed by atoms with E-state index in [4.69, 9.17) is 14.2 Å². The minimum atomic E-state index is -0.778. The van der Waals surface area contributed by atoms with Crippen molar-refractivity contribution >= 4 is 17.9 Å². The van der Waals surface area contributed by atoms with Crippen LogP contribution < -0.4 is 0 Å². The van der Waals surface area contributed by atoms with E-state index in [1.54, 1.807) is 0 Å². The van der Waals surface area contributed by atoms with Crippen LogP contribution in [0.4, 0.5) is 0 Å². The SMILES string of the molecule is CC/C=C\C/C=C\C/C=C\C/C=C\C/C=C\CCCCCCCCCC(=O)OCC(COC(=O)CCCCCCCC)OC(=O)CCCCCCCCC/C=C\CCCCCCCC. The highest BCUT2D eigenvalue weighted by molar-refractivity contribution is 5.71. The summed E-state index contributed by atoms with van der Waals surface area (Å²) in [6, 6.07) is 0. The van der Waals surface area contributed by atoms with Gasteiger partial charge in [0.15, 0.2) is 6.10 Å². The average molecular weight is 893 g/mol. The average Bonchev–Trinajstić information content (AvgIpc) is 3.29. The smallest absolute Gasteiger partial charge is 0.306 e. The Labute approximate surface area is 395 Å². The number of carbonyl (C=O) groups excluding carboxylic acids is 3. The van der Waals surface area contributed by atoms with Crippen molar-refractivity contribution in [3.8, 4) is 0 Å². The van der Waals surface area contributed by atoms with Crippen LogP contribution in [-0.4, -0.2) is 37.2 Å². The maximum Gasteiger partial charge on any atom is 0.306 e. The van der Waals surface area contributed by atoms with Gasteiger partial charge in [0.05, 0.1) is 0 Å². The van der Waals surface area contributed by atoms with Crippen molar-refractivity contribution in [1.82, 2.24) is 0 Å². The molecule has 1 atom stereocenters. The second-order valence-electron chi connectivity index (χ2n) is 17.8. The number of hydrogen-bond donors (Lipinski definition) is 0. The van der Waals surface area contributed by atoms with Crippen LogP contribution in [0.15, 0.2) is 72.9 Å². The summed E-state index contributed by atoms with van der Waals surface area (Å²) in [6.45, 7) is 6.45. The molecule has 0 saturated heterocycles. The molecule has 1 unspecified atom stereocenters. The molecule has 0 aliphatic heterocycles. The molecule has 0 bridgehead atoms. The molecule has 6 heteroatoms. The third-order valence-corrected chi connectivity index (χ3v) is 11.4. The number of hydrogen-bond acceptors (Lipinski definition) is 6. The van der Waals surface area contributed by atoms with Gasteiger partial charge in [-0.15, -0.1) is 0 Å². The predicted molar refractivity (Wildman–Crippen MR) is 274 cm³/mol. The van der Waals surface area contributed by atoms with Gasteiger partial charge in [-0.3, -0.25) is 14.4 Å². The second-order valence-corrected chi connectivity index (χ2v) is 17.8. The van der Waals surface area contributed by atoms with Crippen molar-refractivity contribution in [3.05, 3.63) is 72.9 Å². The molecule has 0 aromatic heterocycles. The van der Waals surface area contributed by atoms with E-state index in [0.29, 0.717) is 19.3 Å². The number of esters is 3. The summed E-state index contributed by atoms with van der Waals surface area (Å²) < 4.78 is 16.7. The highest BCUT2D eigenvalue weighted by Gasteiger charge is 2.19. The van der Waals surface area contributed by atoms with E-state index in [0.717, 1.165) is 96.3 Å². The van der Waals surface area contributed by atoms with Gasteiger partial charge in [-0.2, -0.15) is 0 Å². The van der Waals surface area contributed by atoms with Crippen LogP contribution in [0.1, 0.15) is 258 Å². The van der Waals surface area contributed by atoms with Crippen LogP contribution >= 0.6 is 0 Å². The second kappa shape index (κ2) is 52.5. The lowest BCUT2D eigenvalue weighted by Gasteiger charge is -2.18. The van der Waals surface area contributed by atoms with E-state index in [2.05, 4.69) is 93.7 Å². The minimum absolute atomic E-state index is 0.0804. The normalized spacial score (nSPS) is 12.6. The van der Waals surface area contributed by atoms with Crippen LogP contribution in [-0.2, 0) is 28.6 Å². The molecule has 368 valence electrons. The fourth-order valence-corrected chi connectivity index (χ4v) is 7.40. The van der Waals surface area contributed by atoms with Gasteiger partial charge in [0, 0.05) is 19.3 Å². The lowest BCUT2D eigenvalue weighted by Crippen LogP contribution is -2.30. The summed E-state index contributed by atoms with van der Waals surface area (Å²) in [4.78, 5) is 37.8. The molecule has 0 spiro atoms. The van der Waals surface area contributed by atoms with E-state index in [9.17, 15) is 14.4 Å². The van der Waals surface area contributed by atoms with Gasteiger partial charge in [0.1, 0.15) is 13.2 Å². The third kappa shape index (κ3) is 49.9. The molecule has 0 aliphatic rings. The highest BCUT2D eigenvalue weighted by atomic mass is 16.6. The minimum Gasteiger partial charge on any atom is -0.462 e. The van der Waals surface area contributed by atoms with E-state index >= 15 is 0 Å². The largest absolute Gasteiger partial charge is 0.462 e. The van der Waals surface area contributed by atoms with Gasteiger partial charge in [-0.05, 0) is 89.9 Å². The molecule has 64 heavy (non-hydrogen) atoms. The first kappa shape index (κ1) is 60.9. The molecule has 0 saturated carbocycles. The Bertz CT molecular complexity index is 1210. The van der Waals surface area contributed by atoms with Crippen LogP contribution in [0.25, 0.3) is 0 Å². The maximum atomic E-state index is 12.8. The Hall–Kier alpha value is -3.15. The molecule has 0 aromatic carbocycles. The molecule has 0 N–H and O–H groups in total. The molecule has 0 rings (SSSR count). The summed E-state index contributed by atoms with van der Waals surface area (Å²) >= 11 is 0. The summed E-state index contributed by atoms with van der Waals surface area (Å²) in [6.07, 6.45) is 66.3. The Kier molecular flexibility index (Phi) is 49.9. The van der Waals surface area contributed by atoms with Gasteiger partial charge >= 0.3 is 17.9 Å². The molecular formula is C58H100O6. The van der Waals surface area contributed by atoms with E-state index in [1.807, 2.05) is 0 Å². The molecule has 0 heterocycles. The number of unbranched alkanes of at least 4 members (excludes halogenated alkanes) is 25. The maximum absolute atomic E-state index is 12.8. The van der Waals surface area contributed by atoms with Gasteiger partial charge in [-0.25, -0.2) is 0 Å². The number of ether oxygens (including phenoxy) is 3. The molecule has 0 aliphatic carbocycles. The van der Waals surface area contributed by atoms with Gasteiger partial charge < -0.3 is 14.2 Å².